The Labute approximate surface area is 123 Å². The molecule has 0 saturated carbocycles. The van der Waals surface area contributed by atoms with E-state index in [0.717, 1.165) is 29.2 Å². The minimum Gasteiger partial charge on any atom is -0.496 e. The molecule has 0 saturated heterocycles. The van der Waals surface area contributed by atoms with Gasteiger partial charge in [0, 0.05) is 29.8 Å². The smallest absolute Gasteiger partial charge is 0.125 e. The van der Waals surface area contributed by atoms with E-state index in [-0.39, 0.29) is 11.9 Å². The van der Waals surface area contributed by atoms with Crippen molar-refractivity contribution in [2.24, 2.45) is 0 Å². The van der Waals surface area contributed by atoms with Crippen molar-refractivity contribution >= 4 is 5.69 Å². The number of nitrogens with one attached hydrogen (secondary N) is 1. The summed E-state index contributed by atoms with van der Waals surface area (Å²) < 4.78 is 24.4. The van der Waals surface area contributed by atoms with Gasteiger partial charge in [-0.3, -0.25) is 0 Å². The molecule has 4 heteroatoms. The van der Waals surface area contributed by atoms with Gasteiger partial charge in [-0.2, -0.15) is 0 Å². The Morgan fingerprint density at radius 1 is 1.33 bits per heavy atom. The summed E-state index contributed by atoms with van der Waals surface area (Å²) in [6.07, 6.45) is 1.11. The highest BCUT2D eigenvalue weighted by Crippen LogP contribution is 2.35. The van der Waals surface area contributed by atoms with Crippen LogP contribution < -0.4 is 14.8 Å². The lowest BCUT2D eigenvalue weighted by Gasteiger charge is -2.12. The van der Waals surface area contributed by atoms with Gasteiger partial charge < -0.3 is 14.8 Å². The number of anilines is 1. The zero-order chi connectivity index (χ0) is 14.8. The molecule has 2 aromatic rings. The first-order valence-corrected chi connectivity index (χ1v) is 7.01. The van der Waals surface area contributed by atoms with Crippen molar-refractivity contribution in [2.75, 3.05) is 12.4 Å². The van der Waals surface area contributed by atoms with E-state index in [1.807, 2.05) is 18.2 Å². The van der Waals surface area contributed by atoms with Crippen LogP contribution in [0.3, 0.4) is 0 Å². The zero-order valence-electron chi connectivity index (χ0n) is 12.2. The topological polar surface area (TPSA) is 30.5 Å². The largest absolute Gasteiger partial charge is 0.496 e. The third-order valence-corrected chi connectivity index (χ3v) is 3.61. The number of rotatable bonds is 4. The average Bonchev–Trinajstić information content (AvgIpc) is 2.83. The normalized spacial score (nSPS) is 16.2. The van der Waals surface area contributed by atoms with Crippen molar-refractivity contribution in [3.05, 3.63) is 53.3 Å². The molecule has 1 atom stereocenters. The van der Waals surface area contributed by atoms with Gasteiger partial charge in [-0.25, -0.2) is 4.39 Å². The monoisotopic (exact) mass is 287 g/mol. The molecule has 0 bridgehead atoms. The van der Waals surface area contributed by atoms with Crippen LogP contribution in [0.4, 0.5) is 10.1 Å². The highest BCUT2D eigenvalue weighted by Gasteiger charge is 2.21. The number of benzene rings is 2. The third kappa shape index (κ3) is 2.94. The van der Waals surface area contributed by atoms with Crippen LogP contribution in [0, 0.1) is 5.82 Å². The Morgan fingerprint density at radius 3 is 2.95 bits per heavy atom. The molecule has 1 N–H and O–H groups in total. The summed E-state index contributed by atoms with van der Waals surface area (Å²) in [6, 6.07) is 10.4. The molecule has 1 aliphatic heterocycles. The van der Waals surface area contributed by atoms with E-state index in [2.05, 4.69) is 12.2 Å². The van der Waals surface area contributed by atoms with E-state index in [1.165, 1.54) is 17.7 Å². The minimum atomic E-state index is -0.252. The second-order valence-corrected chi connectivity index (χ2v) is 5.27. The lowest BCUT2D eigenvalue weighted by Crippen LogP contribution is -2.05. The summed E-state index contributed by atoms with van der Waals surface area (Å²) in [5, 5.41) is 3.20. The van der Waals surface area contributed by atoms with Crippen molar-refractivity contribution < 1.29 is 13.9 Å². The SMILES string of the molecule is COc1cc2c(cc1CNc1cccc(F)c1)OC(C)C2. The van der Waals surface area contributed by atoms with E-state index in [1.54, 1.807) is 13.2 Å². The van der Waals surface area contributed by atoms with Gasteiger partial charge in [0.05, 0.1) is 7.11 Å². The van der Waals surface area contributed by atoms with Crippen molar-refractivity contribution in [2.45, 2.75) is 26.0 Å². The maximum absolute atomic E-state index is 13.2. The highest BCUT2D eigenvalue weighted by molar-refractivity contribution is 5.51. The molecule has 1 unspecified atom stereocenters. The molecule has 0 aliphatic carbocycles. The Kier molecular flexibility index (Phi) is 3.69. The van der Waals surface area contributed by atoms with E-state index in [0.29, 0.717) is 6.54 Å². The number of halogens is 1. The molecule has 110 valence electrons. The molecule has 0 spiro atoms. The van der Waals surface area contributed by atoms with E-state index in [9.17, 15) is 4.39 Å². The lowest BCUT2D eigenvalue weighted by molar-refractivity contribution is 0.254. The zero-order valence-corrected chi connectivity index (χ0v) is 12.2. The maximum Gasteiger partial charge on any atom is 0.125 e. The second-order valence-electron chi connectivity index (χ2n) is 5.27. The second kappa shape index (κ2) is 5.64. The quantitative estimate of drug-likeness (QED) is 0.928. The fourth-order valence-corrected chi connectivity index (χ4v) is 2.61. The summed E-state index contributed by atoms with van der Waals surface area (Å²) >= 11 is 0. The molecule has 0 fully saturated rings. The molecule has 1 heterocycles. The third-order valence-electron chi connectivity index (χ3n) is 3.61. The molecule has 21 heavy (non-hydrogen) atoms. The van der Waals surface area contributed by atoms with Gasteiger partial charge in [0.2, 0.25) is 0 Å². The van der Waals surface area contributed by atoms with Crippen LogP contribution in [0.15, 0.2) is 36.4 Å². The van der Waals surface area contributed by atoms with E-state index >= 15 is 0 Å². The predicted molar refractivity (Wildman–Crippen MR) is 80.5 cm³/mol. The van der Waals surface area contributed by atoms with Crippen molar-refractivity contribution in [1.29, 1.82) is 0 Å². The molecule has 3 rings (SSSR count). The Morgan fingerprint density at radius 2 is 2.19 bits per heavy atom. The molecular formula is C17H18FNO2. The average molecular weight is 287 g/mol. The van der Waals surface area contributed by atoms with Crippen LogP contribution in [-0.2, 0) is 13.0 Å². The van der Waals surface area contributed by atoms with Gasteiger partial charge in [-0.15, -0.1) is 0 Å². The van der Waals surface area contributed by atoms with Gasteiger partial charge in [0.25, 0.3) is 0 Å². The summed E-state index contributed by atoms with van der Waals surface area (Å²) in [5.74, 6) is 1.49. The fraction of sp³-hybridized carbons (Fsp3) is 0.294. The van der Waals surface area contributed by atoms with Crippen LogP contribution in [0.25, 0.3) is 0 Å². The van der Waals surface area contributed by atoms with Crippen LogP contribution in [0.5, 0.6) is 11.5 Å². The molecule has 0 aromatic heterocycles. The van der Waals surface area contributed by atoms with Gasteiger partial charge in [0.15, 0.2) is 0 Å². The summed E-state index contributed by atoms with van der Waals surface area (Å²) in [6.45, 7) is 2.61. The molecule has 2 aromatic carbocycles. The number of ether oxygens (including phenoxy) is 2. The molecule has 1 aliphatic rings. The molecule has 0 radical (unpaired) electrons. The van der Waals surface area contributed by atoms with Gasteiger partial charge >= 0.3 is 0 Å². The standard InChI is InChI=1S/C17H18FNO2/c1-11-6-12-7-16(20-2)13(8-17(12)21-11)10-19-15-5-3-4-14(18)9-15/h3-5,7-9,11,19H,6,10H2,1-2H3. The fourth-order valence-electron chi connectivity index (χ4n) is 2.61. The van der Waals surface area contributed by atoms with E-state index < -0.39 is 0 Å². The van der Waals surface area contributed by atoms with Crippen molar-refractivity contribution in [1.82, 2.24) is 0 Å². The summed E-state index contributed by atoms with van der Waals surface area (Å²) in [4.78, 5) is 0. The minimum absolute atomic E-state index is 0.205. The first-order valence-electron chi connectivity index (χ1n) is 7.01. The van der Waals surface area contributed by atoms with Crippen molar-refractivity contribution in [3.8, 4) is 11.5 Å². The van der Waals surface area contributed by atoms with E-state index in [4.69, 9.17) is 9.47 Å². The van der Waals surface area contributed by atoms with Gasteiger partial charge in [-0.05, 0) is 37.3 Å². The Bertz CT molecular complexity index is 657. The number of methoxy groups -OCH3 is 1. The Hall–Kier alpha value is -2.23. The first kappa shape index (κ1) is 13.7. The summed E-state index contributed by atoms with van der Waals surface area (Å²) in [5.41, 5.74) is 2.91. The number of hydrogen-bond acceptors (Lipinski definition) is 3. The first-order chi connectivity index (χ1) is 10.2. The Balaban J connectivity index is 1.80. The summed E-state index contributed by atoms with van der Waals surface area (Å²) in [7, 11) is 1.66. The number of hydrogen-bond donors (Lipinski definition) is 1. The molecular weight excluding hydrogens is 269 g/mol. The van der Waals surface area contributed by atoms with Gasteiger partial charge in [0.1, 0.15) is 23.4 Å². The van der Waals surface area contributed by atoms with Crippen LogP contribution in [0.2, 0.25) is 0 Å². The lowest BCUT2D eigenvalue weighted by atomic mass is 10.1. The van der Waals surface area contributed by atoms with Gasteiger partial charge in [-0.1, -0.05) is 6.07 Å². The molecule has 0 amide bonds. The van der Waals surface area contributed by atoms with Crippen molar-refractivity contribution in [3.63, 3.8) is 0 Å². The maximum atomic E-state index is 13.2. The van der Waals surface area contributed by atoms with Crippen LogP contribution >= 0.6 is 0 Å². The van der Waals surface area contributed by atoms with Crippen LogP contribution in [-0.4, -0.2) is 13.2 Å². The highest BCUT2D eigenvalue weighted by atomic mass is 19.1. The van der Waals surface area contributed by atoms with Crippen LogP contribution in [0.1, 0.15) is 18.1 Å². The number of fused-ring (bicyclic) bond motifs is 1. The predicted octanol–water partition coefficient (Wildman–Crippen LogP) is 3.77. The molecule has 3 nitrogen and oxygen atoms in total.